The molecule has 5 nitrogen and oxygen atoms in total. The van der Waals surface area contributed by atoms with Crippen LogP contribution in [0.3, 0.4) is 0 Å². The summed E-state index contributed by atoms with van der Waals surface area (Å²) in [6.45, 7) is 3.05. The molecule has 4 aromatic rings. The topological polar surface area (TPSA) is 51.0 Å². The summed E-state index contributed by atoms with van der Waals surface area (Å²) in [6, 6.07) is 30.1. The van der Waals surface area contributed by atoms with Gasteiger partial charge in [-0.15, -0.1) is 10.2 Å². The van der Waals surface area contributed by atoms with Crippen molar-refractivity contribution in [2.75, 3.05) is 0 Å². The maximum atomic E-state index is 13.5. The monoisotopic (exact) mass is 428 g/mol. The minimum Gasteiger partial charge on any atom is -0.333 e. The summed E-state index contributed by atoms with van der Waals surface area (Å²) in [5.41, 5.74) is 3.19. The quantitative estimate of drug-likeness (QED) is 0.372. The van der Waals surface area contributed by atoms with Gasteiger partial charge in [0.2, 0.25) is 5.91 Å². The number of aromatic nitrogens is 3. The molecule has 0 fully saturated rings. The predicted octanol–water partition coefficient (Wildman–Crippen LogP) is 4.98. The summed E-state index contributed by atoms with van der Waals surface area (Å²) in [4.78, 5) is 15.4. The van der Waals surface area contributed by atoms with E-state index < -0.39 is 0 Å². The van der Waals surface area contributed by atoms with Crippen LogP contribution in [0.5, 0.6) is 0 Å². The first kappa shape index (κ1) is 20.9. The summed E-state index contributed by atoms with van der Waals surface area (Å²) in [5, 5.41) is 8.70. The van der Waals surface area contributed by atoms with E-state index in [-0.39, 0.29) is 11.2 Å². The molecule has 1 heterocycles. The molecular formula is C25H24N4OS. The maximum Gasteiger partial charge on any atom is 0.236 e. The van der Waals surface area contributed by atoms with Gasteiger partial charge in [0.25, 0.3) is 0 Å². The number of rotatable bonds is 8. The van der Waals surface area contributed by atoms with E-state index in [9.17, 15) is 4.79 Å². The molecule has 0 saturated heterocycles. The van der Waals surface area contributed by atoms with E-state index in [1.165, 1.54) is 11.8 Å². The molecule has 0 radical (unpaired) electrons. The van der Waals surface area contributed by atoms with Crippen molar-refractivity contribution in [1.82, 2.24) is 19.7 Å². The zero-order chi connectivity index (χ0) is 21.5. The highest BCUT2D eigenvalue weighted by atomic mass is 32.2. The van der Waals surface area contributed by atoms with Crippen LogP contribution < -0.4 is 0 Å². The molecule has 0 aliphatic carbocycles. The fourth-order valence-electron chi connectivity index (χ4n) is 3.36. The minimum atomic E-state index is -0.306. The van der Waals surface area contributed by atoms with Crippen LogP contribution in [0.1, 0.15) is 18.1 Å². The number of nitrogens with zero attached hydrogens (tertiary/aromatic N) is 4. The van der Waals surface area contributed by atoms with E-state index >= 15 is 0 Å². The fourth-order valence-corrected chi connectivity index (χ4v) is 4.28. The maximum absolute atomic E-state index is 13.5. The number of amides is 1. The number of hydrogen-bond donors (Lipinski definition) is 0. The van der Waals surface area contributed by atoms with E-state index in [0.717, 1.165) is 16.8 Å². The Labute approximate surface area is 186 Å². The van der Waals surface area contributed by atoms with Crippen LogP contribution in [0.25, 0.3) is 5.69 Å². The molecule has 6 heteroatoms. The van der Waals surface area contributed by atoms with Crippen LogP contribution in [0, 0.1) is 0 Å². The van der Waals surface area contributed by atoms with E-state index in [0.29, 0.717) is 18.2 Å². The highest BCUT2D eigenvalue weighted by Gasteiger charge is 2.24. The Morgan fingerprint density at radius 2 is 1.39 bits per heavy atom. The minimum absolute atomic E-state index is 0.0697. The first-order valence-corrected chi connectivity index (χ1v) is 11.1. The normalized spacial score (nSPS) is 11.8. The summed E-state index contributed by atoms with van der Waals surface area (Å²) in [5.74, 6) is 0.0697. The van der Waals surface area contributed by atoms with Gasteiger partial charge in [-0.3, -0.25) is 9.36 Å². The van der Waals surface area contributed by atoms with E-state index in [1.807, 2.05) is 83.1 Å². The lowest BCUT2D eigenvalue weighted by Gasteiger charge is -2.26. The van der Waals surface area contributed by atoms with Crippen molar-refractivity contribution in [2.24, 2.45) is 0 Å². The molecule has 0 bridgehead atoms. The largest absolute Gasteiger partial charge is 0.333 e. The molecule has 4 rings (SSSR count). The zero-order valence-electron chi connectivity index (χ0n) is 17.3. The second kappa shape index (κ2) is 10.1. The van der Waals surface area contributed by atoms with Gasteiger partial charge in [-0.1, -0.05) is 90.6 Å². The molecule has 31 heavy (non-hydrogen) atoms. The number of carbonyl (C=O) groups excluding carboxylic acids is 1. The number of para-hydroxylation sites is 1. The molecule has 3 aromatic carbocycles. The zero-order valence-corrected chi connectivity index (χ0v) is 18.2. The van der Waals surface area contributed by atoms with E-state index in [2.05, 4.69) is 34.5 Å². The second-order valence-electron chi connectivity index (χ2n) is 7.24. The molecule has 0 unspecified atom stereocenters. The van der Waals surface area contributed by atoms with Crippen molar-refractivity contribution in [2.45, 2.75) is 30.4 Å². The van der Waals surface area contributed by atoms with Crippen molar-refractivity contribution in [1.29, 1.82) is 0 Å². The van der Waals surface area contributed by atoms with Gasteiger partial charge in [-0.05, 0) is 30.2 Å². The van der Waals surface area contributed by atoms with Gasteiger partial charge >= 0.3 is 0 Å². The summed E-state index contributed by atoms with van der Waals surface area (Å²) >= 11 is 1.43. The van der Waals surface area contributed by atoms with Crippen LogP contribution in [-0.4, -0.2) is 30.8 Å². The molecule has 0 aliphatic heterocycles. The standard InChI is InChI=1S/C25H24N4OS/c1-20(31-25-27-26-19-29(25)23-15-9-4-10-16-23)24(30)28(17-21-11-5-2-6-12-21)18-22-13-7-3-8-14-22/h2-16,19-20H,17-18H2,1H3/t20-/m0/s1. The highest BCUT2D eigenvalue weighted by molar-refractivity contribution is 8.00. The van der Waals surface area contributed by atoms with Gasteiger partial charge in [0, 0.05) is 18.8 Å². The SMILES string of the molecule is C[C@H](Sc1nncn1-c1ccccc1)C(=O)N(Cc1ccccc1)Cc1ccccc1. The van der Waals surface area contributed by atoms with Gasteiger partial charge in [0.05, 0.1) is 5.25 Å². The average Bonchev–Trinajstić information content (AvgIpc) is 3.28. The third-order valence-electron chi connectivity index (χ3n) is 4.92. The van der Waals surface area contributed by atoms with Crippen molar-refractivity contribution < 1.29 is 4.79 Å². The molecule has 1 amide bonds. The Morgan fingerprint density at radius 1 is 0.871 bits per heavy atom. The average molecular weight is 429 g/mol. The number of benzene rings is 3. The number of carbonyl (C=O) groups is 1. The first-order chi connectivity index (χ1) is 15.2. The highest BCUT2D eigenvalue weighted by Crippen LogP contribution is 2.26. The molecule has 1 aromatic heterocycles. The number of hydrogen-bond acceptors (Lipinski definition) is 4. The predicted molar refractivity (Wildman–Crippen MR) is 124 cm³/mol. The molecule has 0 aliphatic rings. The molecule has 1 atom stereocenters. The van der Waals surface area contributed by atoms with Crippen molar-refractivity contribution >= 4 is 17.7 Å². The molecule has 0 N–H and O–H groups in total. The van der Waals surface area contributed by atoms with Crippen LogP contribution >= 0.6 is 11.8 Å². The summed E-state index contributed by atoms with van der Waals surface area (Å²) in [6.07, 6.45) is 1.68. The fraction of sp³-hybridized carbons (Fsp3) is 0.160. The Balaban J connectivity index is 1.53. The third-order valence-corrected chi connectivity index (χ3v) is 5.97. The van der Waals surface area contributed by atoms with Crippen LogP contribution in [0.4, 0.5) is 0 Å². The third kappa shape index (κ3) is 5.41. The van der Waals surface area contributed by atoms with Gasteiger partial charge in [-0.25, -0.2) is 0 Å². The molecule has 0 spiro atoms. The van der Waals surface area contributed by atoms with E-state index in [4.69, 9.17) is 0 Å². The smallest absolute Gasteiger partial charge is 0.236 e. The Bertz CT molecular complexity index is 1060. The van der Waals surface area contributed by atoms with Crippen molar-refractivity contribution in [3.63, 3.8) is 0 Å². The molecule has 156 valence electrons. The lowest BCUT2D eigenvalue weighted by Crippen LogP contribution is -2.35. The van der Waals surface area contributed by atoms with Gasteiger partial charge in [0.1, 0.15) is 6.33 Å². The Kier molecular flexibility index (Phi) is 6.79. The van der Waals surface area contributed by atoms with Gasteiger partial charge < -0.3 is 4.90 Å². The van der Waals surface area contributed by atoms with Crippen LogP contribution in [-0.2, 0) is 17.9 Å². The lowest BCUT2D eigenvalue weighted by molar-refractivity contribution is -0.131. The molecular weight excluding hydrogens is 404 g/mol. The van der Waals surface area contributed by atoms with Crippen molar-refractivity contribution in [3.8, 4) is 5.69 Å². The van der Waals surface area contributed by atoms with E-state index in [1.54, 1.807) is 6.33 Å². The van der Waals surface area contributed by atoms with Crippen molar-refractivity contribution in [3.05, 3.63) is 108 Å². The summed E-state index contributed by atoms with van der Waals surface area (Å²) < 4.78 is 1.91. The Hall–Kier alpha value is -3.38. The van der Waals surface area contributed by atoms with Gasteiger partial charge in [0.15, 0.2) is 5.16 Å². The summed E-state index contributed by atoms with van der Waals surface area (Å²) in [7, 11) is 0. The van der Waals surface area contributed by atoms with Crippen LogP contribution in [0.15, 0.2) is 102 Å². The van der Waals surface area contributed by atoms with Crippen LogP contribution in [0.2, 0.25) is 0 Å². The van der Waals surface area contributed by atoms with Gasteiger partial charge in [-0.2, -0.15) is 0 Å². The second-order valence-corrected chi connectivity index (χ2v) is 8.55. The Morgan fingerprint density at radius 3 is 1.94 bits per heavy atom. The lowest BCUT2D eigenvalue weighted by atomic mass is 10.1. The molecule has 0 saturated carbocycles. The number of thioether (sulfide) groups is 1. The first-order valence-electron chi connectivity index (χ1n) is 10.2.